The van der Waals surface area contributed by atoms with Gasteiger partial charge in [0.25, 0.3) is 0 Å². The standard InChI is InChI=1S/C34H34F3N3O3S/c35-34(36,37)26-13-14-32-29(23-26)40(28-10-3-4-12-31(28)44-32)16-6-15-38-17-19-39(20-18-38)21-22-42-33(41)24-43-30-11-5-8-25-7-1-2-9-27(25)30/h1-5,7-14,23H,6,15-22,24H2. The van der Waals surface area contributed by atoms with Crippen molar-refractivity contribution < 1.29 is 27.4 Å². The van der Waals surface area contributed by atoms with E-state index in [1.54, 1.807) is 6.07 Å². The lowest BCUT2D eigenvalue weighted by molar-refractivity contribution is -0.146. The number of piperazine rings is 1. The first-order valence-electron chi connectivity index (χ1n) is 14.8. The highest BCUT2D eigenvalue weighted by molar-refractivity contribution is 7.99. The number of carbonyl (C=O) groups excluding carboxylic acids is 1. The van der Waals surface area contributed by atoms with Gasteiger partial charge >= 0.3 is 12.1 Å². The molecule has 0 bridgehead atoms. The zero-order chi connectivity index (χ0) is 30.5. The van der Waals surface area contributed by atoms with E-state index in [2.05, 4.69) is 9.80 Å². The number of benzene rings is 4. The molecular weight excluding hydrogens is 587 g/mol. The van der Waals surface area contributed by atoms with Crippen LogP contribution in [-0.4, -0.2) is 74.8 Å². The van der Waals surface area contributed by atoms with Gasteiger partial charge in [-0.3, -0.25) is 4.90 Å². The molecule has 0 saturated carbocycles. The lowest BCUT2D eigenvalue weighted by atomic mass is 10.1. The summed E-state index contributed by atoms with van der Waals surface area (Å²) >= 11 is 1.51. The molecule has 0 aliphatic carbocycles. The van der Waals surface area contributed by atoms with Crippen LogP contribution >= 0.6 is 11.8 Å². The van der Waals surface area contributed by atoms with Crippen LogP contribution in [0.5, 0.6) is 5.75 Å². The third kappa shape index (κ3) is 7.14. The molecule has 2 aliphatic rings. The third-order valence-electron chi connectivity index (χ3n) is 8.04. The average molecular weight is 622 g/mol. The molecule has 0 atom stereocenters. The van der Waals surface area contributed by atoms with E-state index in [0.717, 1.165) is 65.4 Å². The van der Waals surface area contributed by atoms with Crippen LogP contribution in [0.15, 0.2) is 94.7 Å². The number of rotatable bonds is 10. The summed E-state index contributed by atoms with van der Waals surface area (Å²) in [6.45, 7) is 5.83. The highest BCUT2D eigenvalue weighted by Crippen LogP contribution is 2.49. The Bertz CT molecular complexity index is 1600. The third-order valence-corrected chi connectivity index (χ3v) is 9.17. The first-order chi connectivity index (χ1) is 21.3. The van der Waals surface area contributed by atoms with Crippen molar-refractivity contribution in [1.29, 1.82) is 0 Å². The van der Waals surface area contributed by atoms with Gasteiger partial charge in [-0.15, -0.1) is 0 Å². The summed E-state index contributed by atoms with van der Waals surface area (Å²) in [5, 5.41) is 2.01. The first-order valence-corrected chi connectivity index (χ1v) is 15.6. The van der Waals surface area contributed by atoms with E-state index < -0.39 is 17.7 Å². The van der Waals surface area contributed by atoms with Gasteiger partial charge in [-0.2, -0.15) is 13.2 Å². The van der Waals surface area contributed by atoms with Gasteiger partial charge in [-0.1, -0.05) is 60.3 Å². The number of fused-ring (bicyclic) bond motifs is 3. The lowest BCUT2D eigenvalue weighted by Crippen LogP contribution is -2.47. The molecule has 0 aromatic heterocycles. The Kier molecular flexibility index (Phi) is 9.30. The fourth-order valence-corrected chi connectivity index (χ4v) is 6.80. The van der Waals surface area contributed by atoms with Crippen molar-refractivity contribution in [2.24, 2.45) is 0 Å². The summed E-state index contributed by atoms with van der Waals surface area (Å²) in [5.74, 6) is 0.271. The smallest absolute Gasteiger partial charge is 0.416 e. The van der Waals surface area contributed by atoms with Crippen LogP contribution in [0.3, 0.4) is 0 Å². The molecule has 0 unspecified atom stereocenters. The van der Waals surface area contributed by atoms with Crippen LogP contribution in [0, 0.1) is 0 Å². The normalized spacial score (nSPS) is 15.6. The topological polar surface area (TPSA) is 45.3 Å². The number of anilines is 2. The first kappa shape index (κ1) is 30.3. The average Bonchev–Trinajstić information content (AvgIpc) is 3.03. The number of esters is 1. The number of para-hydroxylation sites is 1. The highest BCUT2D eigenvalue weighted by Gasteiger charge is 2.33. The number of ether oxygens (including phenoxy) is 2. The Morgan fingerprint density at radius 2 is 1.48 bits per heavy atom. The summed E-state index contributed by atoms with van der Waals surface area (Å²) in [4.78, 5) is 20.9. The van der Waals surface area contributed by atoms with E-state index in [1.807, 2.05) is 71.6 Å². The van der Waals surface area contributed by atoms with Gasteiger partial charge in [0.05, 0.1) is 16.9 Å². The van der Waals surface area contributed by atoms with E-state index in [1.165, 1.54) is 23.9 Å². The molecule has 230 valence electrons. The lowest BCUT2D eigenvalue weighted by Gasteiger charge is -2.36. The molecule has 1 saturated heterocycles. The fourth-order valence-electron chi connectivity index (χ4n) is 5.72. The molecule has 0 amide bonds. The number of hydrogen-bond acceptors (Lipinski definition) is 7. The van der Waals surface area contributed by atoms with Gasteiger partial charge in [0.2, 0.25) is 0 Å². The molecule has 1 fully saturated rings. The van der Waals surface area contributed by atoms with E-state index in [9.17, 15) is 18.0 Å². The molecule has 4 aromatic carbocycles. The molecule has 6 rings (SSSR count). The Morgan fingerprint density at radius 3 is 2.30 bits per heavy atom. The molecule has 10 heteroatoms. The second kappa shape index (κ2) is 13.5. The molecular formula is C34H34F3N3O3S. The van der Waals surface area contributed by atoms with Crippen molar-refractivity contribution in [3.63, 3.8) is 0 Å². The maximum absolute atomic E-state index is 13.5. The maximum atomic E-state index is 13.5. The molecule has 0 radical (unpaired) electrons. The van der Waals surface area contributed by atoms with Crippen LogP contribution in [0.4, 0.5) is 24.5 Å². The Hall–Kier alpha value is -3.73. The van der Waals surface area contributed by atoms with Crippen molar-refractivity contribution in [2.75, 3.05) is 63.9 Å². The number of halogens is 3. The van der Waals surface area contributed by atoms with Crippen LogP contribution in [0.1, 0.15) is 12.0 Å². The molecule has 0 N–H and O–H groups in total. The SMILES string of the molecule is O=C(COc1cccc2ccccc12)OCCN1CCN(CCCN2c3ccccc3Sc3ccc(C(F)(F)F)cc32)CC1. The minimum absolute atomic E-state index is 0.135. The van der Waals surface area contributed by atoms with Gasteiger partial charge < -0.3 is 19.3 Å². The summed E-state index contributed by atoms with van der Waals surface area (Å²) < 4.78 is 51.7. The number of carbonyl (C=O) groups is 1. The minimum Gasteiger partial charge on any atom is -0.481 e. The van der Waals surface area contributed by atoms with E-state index in [-0.39, 0.29) is 6.61 Å². The second-order valence-corrected chi connectivity index (χ2v) is 12.0. The van der Waals surface area contributed by atoms with Gasteiger partial charge in [0.15, 0.2) is 6.61 Å². The van der Waals surface area contributed by atoms with Gasteiger partial charge in [0.1, 0.15) is 12.4 Å². The molecule has 2 aliphatic heterocycles. The Balaban J connectivity index is 0.937. The maximum Gasteiger partial charge on any atom is 0.416 e. The van der Waals surface area contributed by atoms with Crippen LogP contribution < -0.4 is 9.64 Å². The van der Waals surface area contributed by atoms with Crippen LogP contribution in [0.2, 0.25) is 0 Å². The van der Waals surface area contributed by atoms with Crippen molar-refractivity contribution in [3.8, 4) is 5.75 Å². The zero-order valence-corrected chi connectivity index (χ0v) is 25.1. The Morgan fingerprint density at radius 1 is 0.773 bits per heavy atom. The van der Waals surface area contributed by atoms with Crippen molar-refractivity contribution >= 4 is 39.9 Å². The number of alkyl halides is 3. The highest BCUT2D eigenvalue weighted by atomic mass is 32.2. The van der Waals surface area contributed by atoms with Crippen molar-refractivity contribution in [2.45, 2.75) is 22.4 Å². The van der Waals surface area contributed by atoms with Crippen molar-refractivity contribution in [3.05, 3.63) is 90.5 Å². The van der Waals surface area contributed by atoms with Gasteiger partial charge in [0, 0.05) is 54.4 Å². The summed E-state index contributed by atoms with van der Waals surface area (Å²) in [6.07, 6.45) is -3.56. The summed E-state index contributed by atoms with van der Waals surface area (Å²) in [7, 11) is 0. The Labute approximate surface area is 259 Å². The zero-order valence-electron chi connectivity index (χ0n) is 24.3. The number of hydrogen-bond donors (Lipinski definition) is 0. The monoisotopic (exact) mass is 621 g/mol. The largest absolute Gasteiger partial charge is 0.481 e. The van der Waals surface area contributed by atoms with Crippen LogP contribution in [0.25, 0.3) is 10.8 Å². The molecule has 0 spiro atoms. The fraction of sp³-hybridized carbons (Fsp3) is 0.324. The predicted octanol–water partition coefficient (Wildman–Crippen LogP) is 7.09. The number of nitrogens with zero attached hydrogens (tertiary/aromatic N) is 3. The molecule has 4 aromatic rings. The van der Waals surface area contributed by atoms with Gasteiger partial charge in [-0.25, -0.2) is 4.79 Å². The summed E-state index contributed by atoms with van der Waals surface area (Å²) in [6, 6.07) is 25.5. The second-order valence-electron chi connectivity index (χ2n) is 10.9. The predicted molar refractivity (Wildman–Crippen MR) is 167 cm³/mol. The molecule has 6 nitrogen and oxygen atoms in total. The summed E-state index contributed by atoms with van der Waals surface area (Å²) in [5.41, 5.74) is 0.942. The van der Waals surface area contributed by atoms with Crippen molar-refractivity contribution in [1.82, 2.24) is 9.80 Å². The van der Waals surface area contributed by atoms with E-state index in [0.29, 0.717) is 31.1 Å². The quantitative estimate of drug-likeness (QED) is 0.175. The van der Waals surface area contributed by atoms with Gasteiger partial charge in [-0.05, 0) is 54.8 Å². The van der Waals surface area contributed by atoms with E-state index >= 15 is 0 Å². The van der Waals surface area contributed by atoms with E-state index in [4.69, 9.17) is 9.47 Å². The van der Waals surface area contributed by atoms with Crippen LogP contribution in [-0.2, 0) is 15.7 Å². The minimum atomic E-state index is -4.38. The molecule has 2 heterocycles. The molecule has 44 heavy (non-hydrogen) atoms.